The SMILES string of the molecule is O=C(OCC(F)(F)C(F)(F)C(F)(F)C(F)(F)F)c1cccc([S+](c2ccccc2)c2ccccc2)c1. The molecular weight excluding hydrogens is 523 g/mol. The van der Waals surface area contributed by atoms with E-state index in [9.17, 15) is 44.3 Å². The van der Waals surface area contributed by atoms with E-state index in [0.29, 0.717) is 4.90 Å². The number of hydrogen-bond donors (Lipinski definition) is 0. The van der Waals surface area contributed by atoms with E-state index in [1.807, 2.05) is 24.3 Å². The van der Waals surface area contributed by atoms with Gasteiger partial charge in [-0.3, -0.25) is 0 Å². The van der Waals surface area contributed by atoms with Gasteiger partial charge >= 0.3 is 29.9 Å². The second-order valence-corrected chi connectivity index (χ2v) is 9.41. The van der Waals surface area contributed by atoms with Crippen LogP contribution in [0, 0.1) is 0 Å². The molecule has 3 rings (SSSR count). The Balaban J connectivity index is 1.86. The van der Waals surface area contributed by atoms with E-state index >= 15 is 0 Å². The Labute approximate surface area is 202 Å². The first-order valence-electron chi connectivity index (χ1n) is 10.0. The van der Waals surface area contributed by atoms with Gasteiger partial charge in [0.15, 0.2) is 21.3 Å². The van der Waals surface area contributed by atoms with Crippen molar-refractivity contribution in [2.24, 2.45) is 0 Å². The third-order valence-electron chi connectivity index (χ3n) is 4.86. The molecule has 0 atom stereocenters. The maximum absolute atomic E-state index is 13.7. The summed E-state index contributed by atoms with van der Waals surface area (Å²) in [6.45, 7) is -2.70. The quantitative estimate of drug-likeness (QED) is 0.169. The van der Waals surface area contributed by atoms with Crippen LogP contribution in [0.3, 0.4) is 0 Å². The predicted octanol–water partition coefficient (Wildman–Crippen LogP) is 7.41. The van der Waals surface area contributed by atoms with Crippen LogP contribution in [-0.2, 0) is 15.6 Å². The molecule has 0 unspecified atom stereocenters. The molecule has 3 aromatic rings. The van der Waals surface area contributed by atoms with Gasteiger partial charge in [0.2, 0.25) is 0 Å². The minimum atomic E-state index is -7.06. The Morgan fingerprint density at radius 1 is 0.639 bits per heavy atom. The fourth-order valence-electron chi connectivity index (χ4n) is 3.01. The molecule has 0 radical (unpaired) electrons. The van der Waals surface area contributed by atoms with Crippen molar-refractivity contribution in [2.75, 3.05) is 6.61 Å². The summed E-state index contributed by atoms with van der Waals surface area (Å²) < 4.78 is 121. The molecule has 3 aromatic carbocycles. The Kier molecular flexibility index (Phi) is 7.68. The molecule has 12 heteroatoms. The number of halogens is 9. The van der Waals surface area contributed by atoms with Crippen molar-refractivity contribution in [3.05, 3.63) is 90.5 Å². The molecule has 0 aliphatic heterocycles. The number of esters is 1. The molecule has 36 heavy (non-hydrogen) atoms. The zero-order valence-electron chi connectivity index (χ0n) is 17.9. The zero-order valence-corrected chi connectivity index (χ0v) is 18.7. The molecule has 0 bridgehead atoms. The largest absolute Gasteiger partial charge is 0.460 e. The molecule has 0 aliphatic rings. The van der Waals surface area contributed by atoms with Crippen LogP contribution in [-0.4, -0.2) is 36.5 Å². The zero-order chi connectivity index (χ0) is 26.8. The Hall–Kier alpha value is -3.15. The first-order chi connectivity index (χ1) is 16.7. The number of hydrogen-bond acceptors (Lipinski definition) is 2. The first kappa shape index (κ1) is 27.4. The maximum atomic E-state index is 13.7. The summed E-state index contributed by atoms with van der Waals surface area (Å²) in [5, 5.41) is 0. The Morgan fingerprint density at radius 2 is 1.11 bits per heavy atom. The highest BCUT2D eigenvalue weighted by molar-refractivity contribution is 7.97. The number of carbonyl (C=O) groups excluding carboxylic acids is 1. The normalized spacial score (nSPS) is 13.1. The molecular formula is C24H16F9O2S+. The summed E-state index contributed by atoms with van der Waals surface area (Å²) in [6, 6.07) is 23.2. The van der Waals surface area contributed by atoms with Crippen molar-refractivity contribution in [3.63, 3.8) is 0 Å². The third kappa shape index (κ3) is 5.32. The van der Waals surface area contributed by atoms with E-state index in [4.69, 9.17) is 0 Å². The van der Waals surface area contributed by atoms with Crippen molar-refractivity contribution in [2.45, 2.75) is 38.6 Å². The van der Waals surface area contributed by atoms with Crippen LogP contribution in [0.4, 0.5) is 39.5 Å². The fraction of sp³-hybridized carbons (Fsp3) is 0.208. The molecule has 0 saturated heterocycles. The van der Waals surface area contributed by atoms with Crippen LogP contribution in [0.15, 0.2) is 99.6 Å². The highest BCUT2D eigenvalue weighted by Gasteiger charge is 2.82. The molecule has 0 heterocycles. The molecule has 0 aromatic heterocycles. The van der Waals surface area contributed by atoms with Crippen molar-refractivity contribution >= 4 is 16.9 Å². The molecule has 2 nitrogen and oxygen atoms in total. The smallest absolute Gasteiger partial charge is 0.455 e. The van der Waals surface area contributed by atoms with E-state index in [0.717, 1.165) is 15.9 Å². The van der Waals surface area contributed by atoms with Crippen LogP contribution in [0.2, 0.25) is 0 Å². The van der Waals surface area contributed by atoms with Gasteiger partial charge in [-0.15, -0.1) is 0 Å². The maximum Gasteiger partial charge on any atom is 0.460 e. The van der Waals surface area contributed by atoms with E-state index in [-0.39, 0.29) is 0 Å². The predicted molar refractivity (Wildman–Crippen MR) is 113 cm³/mol. The van der Waals surface area contributed by atoms with Gasteiger partial charge < -0.3 is 4.74 Å². The van der Waals surface area contributed by atoms with Gasteiger partial charge in [-0.25, -0.2) is 4.79 Å². The van der Waals surface area contributed by atoms with Crippen molar-refractivity contribution in [1.29, 1.82) is 0 Å². The fourth-order valence-corrected chi connectivity index (χ4v) is 5.14. The van der Waals surface area contributed by atoms with Crippen molar-refractivity contribution in [1.82, 2.24) is 0 Å². The summed E-state index contributed by atoms with van der Waals surface area (Å²) in [4.78, 5) is 14.4. The molecule has 0 spiro atoms. The lowest BCUT2D eigenvalue weighted by Crippen LogP contribution is -2.62. The van der Waals surface area contributed by atoms with Gasteiger partial charge in [0.05, 0.1) is 16.5 Å². The number of benzene rings is 3. The molecule has 0 amide bonds. The van der Waals surface area contributed by atoms with E-state index in [1.54, 1.807) is 42.5 Å². The minimum absolute atomic E-state index is 0.390. The number of rotatable bonds is 8. The molecule has 192 valence electrons. The summed E-state index contributed by atoms with van der Waals surface area (Å²) >= 11 is 0. The van der Waals surface area contributed by atoms with Crippen molar-refractivity contribution in [3.8, 4) is 0 Å². The average Bonchev–Trinajstić information content (AvgIpc) is 2.83. The number of alkyl halides is 9. The van der Waals surface area contributed by atoms with Crippen LogP contribution >= 0.6 is 0 Å². The highest BCUT2D eigenvalue weighted by atomic mass is 32.2. The van der Waals surface area contributed by atoms with E-state index in [2.05, 4.69) is 4.74 Å². The van der Waals surface area contributed by atoms with Gasteiger partial charge in [0.25, 0.3) is 0 Å². The van der Waals surface area contributed by atoms with Crippen LogP contribution < -0.4 is 0 Å². The number of carbonyl (C=O) groups is 1. The van der Waals surface area contributed by atoms with Gasteiger partial charge in [-0.1, -0.05) is 42.5 Å². The van der Waals surface area contributed by atoms with Gasteiger partial charge in [0.1, 0.15) is 0 Å². The lowest BCUT2D eigenvalue weighted by Gasteiger charge is -2.33. The number of ether oxygens (including phenoxy) is 1. The second-order valence-electron chi connectivity index (χ2n) is 7.39. The molecule has 0 N–H and O–H groups in total. The van der Waals surface area contributed by atoms with Crippen LogP contribution in [0.1, 0.15) is 10.4 Å². The van der Waals surface area contributed by atoms with Gasteiger partial charge in [0, 0.05) is 6.07 Å². The van der Waals surface area contributed by atoms with E-state index in [1.165, 1.54) is 12.1 Å². The monoisotopic (exact) mass is 539 g/mol. The lowest BCUT2D eigenvalue weighted by molar-refractivity contribution is -0.398. The van der Waals surface area contributed by atoms with Crippen LogP contribution in [0.5, 0.6) is 0 Å². The van der Waals surface area contributed by atoms with Gasteiger partial charge in [-0.2, -0.15) is 39.5 Å². The summed E-state index contributed by atoms with van der Waals surface area (Å²) in [6.07, 6.45) is -6.96. The van der Waals surface area contributed by atoms with E-state index < -0.39 is 53.0 Å². The van der Waals surface area contributed by atoms with Crippen LogP contribution in [0.25, 0.3) is 0 Å². The summed E-state index contributed by atoms with van der Waals surface area (Å²) in [5.74, 6) is -21.5. The Bertz CT molecular complexity index is 1140. The van der Waals surface area contributed by atoms with Gasteiger partial charge in [-0.05, 0) is 36.4 Å². The van der Waals surface area contributed by atoms with Crippen molar-refractivity contribution < 1.29 is 49.0 Å². The molecule has 0 aliphatic carbocycles. The first-order valence-corrected chi connectivity index (χ1v) is 11.2. The minimum Gasteiger partial charge on any atom is -0.455 e. The second kappa shape index (κ2) is 10.1. The molecule has 0 saturated carbocycles. The third-order valence-corrected chi connectivity index (χ3v) is 7.07. The highest BCUT2D eigenvalue weighted by Crippen LogP contribution is 2.53. The Morgan fingerprint density at radius 3 is 1.58 bits per heavy atom. The standard InChI is InChI=1S/C24H16F9O2S/c25-21(26,22(27,28)23(29,30)24(31,32)33)15-35-20(34)16-8-7-13-19(14-16)36(17-9-3-1-4-10-17)18-11-5-2-6-12-18/h1-14H,15H2/q+1. The average molecular weight is 539 g/mol. The lowest BCUT2D eigenvalue weighted by atomic mass is 10.0. The topological polar surface area (TPSA) is 26.3 Å². The summed E-state index contributed by atoms with van der Waals surface area (Å²) in [5.41, 5.74) is -0.390. The summed E-state index contributed by atoms with van der Waals surface area (Å²) in [7, 11) is -0.798. The molecule has 0 fully saturated rings.